The minimum atomic E-state index is 0.249. The van der Waals surface area contributed by atoms with Crippen molar-refractivity contribution in [2.75, 3.05) is 43.2 Å². The molecule has 1 heterocycles. The summed E-state index contributed by atoms with van der Waals surface area (Å²) in [5.74, 6) is 1.43. The second-order valence-corrected chi connectivity index (χ2v) is 3.20. The van der Waals surface area contributed by atoms with Crippen LogP contribution in [0.4, 0.5) is 17.8 Å². The Morgan fingerprint density at radius 3 is 2.14 bits per heavy atom. The molecule has 78 valence electrons. The van der Waals surface area contributed by atoms with Crippen molar-refractivity contribution < 1.29 is 0 Å². The number of anilines is 3. The largest absolute Gasteiger partial charge is 0.368 e. The summed E-state index contributed by atoms with van der Waals surface area (Å²) in [5.41, 5.74) is 5.57. The fraction of sp³-hybridized carbons (Fsp3) is 0.625. The molecular weight excluding hydrogens is 180 g/mol. The molecule has 0 bridgehead atoms. The zero-order valence-electron chi connectivity index (χ0n) is 9.02. The highest BCUT2D eigenvalue weighted by atomic mass is 15.3. The lowest BCUT2D eigenvalue weighted by Gasteiger charge is -2.17. The summed E-state index contributed by atoms with van der Waals surface area (Å²) in [6, 6.07) is 0. The van der Waals surface area contributed by atoms with Gasteiger partial charge in [-0.05, 0) is 6.92 Å². The Hall–Kier alpha value is -1.59. The Balaban J connectivity index is 3.07. The van der Waals surface area contributed by atoms with Gasteiger partial charge in [0.25, 0.3) is 0 Å². The Bertz CT molecular complexity index is 311. The lowest BCUT2D eigenvalue weighted by molar-refractivity contribution is 0.872. The van der Waals surface area contributed by atoms with Crippen molar-refractivity contribution in [3.05, 3.63) is 0 Å². The number of nitrogens with two attached hydrogens (primary N) is 1. The lowest BCUT2D eigenvalue weighted by Crippen LogP contribution is -2.22. The van der Waals surface area contributed by atoms with E-state index in [4.69, 9.17) is 5.73 Å². The van der Waals surface area contributed by atoms with E-state index in [1.165, 1.54) is 0 Å². The van der Waals surface area contributed by atoms with Gasteiger partial charge in [-0.2, -0.15) is 15.0 Å². The van der Waals surface area contributed by atoms with Gasteiger partial charge in [0.2, 0.25) is 17.8 Å². The van der Waals surface area contributed by atoms with Crippen LogP contribution in [0.5, 0.6) is 0 Å². The Labute approximate surface area is 83.8 Å². The number of hydrogen-bond acceptors (Lipinski definition) is 6. The standard InChI is InChI=1S/C8H16N6/c1-5-14(4)8-11-6(9)10-7(12-8)13(2)3/h5H2,1-4H3,(H2,9,10,11,12). The first-order valence-electron chi connectivity index (χ1n) is 4.44. The molecule has 0 radical (unpaired) electrons. The van der Waals surface area contributed by atoms with Crippen molar-refractivity contribution >= 4 is 17.8 Å². The first kappa shape index (κ1) is 10.5. The molecular formula is C8H16N6. The van der Waals surface area contributed by atoms with Gasteiger partial charge in [-0.15, -0.1) is 0 Å². The molecule has 1 aromatic heterocycles. The van der Waals surface area contributed by atoms with Crippen molar-refractivity contribution in [2.24, 2.45) is 0 Å². The molecule has 2 N–H and O–H groups in total. The fourth-order valence-electron chi connectivity index (χ4n) is 0.881. The molecule has 1 aromatic rings. The molecule has 14 heavy (non-hydrogen) atoms. The summed E-state index contributed by atoms with van der Waals surface area (Å²) in [5, 5.41) is 0. The van der Waals surface area contributed by atoms with Crippen molar-refractivity contribution in [3.8, 4) is 0 Å². The number of nitrogen functional groups attached to an aromatic ring is 1. The second-order valence-electron chi connectivity index (χ2n) is 3.20. The maximum Gasteiger partial charge on any atom is 0.231 e. The zero-order chi connectivity index (χ0) is 10.7. The number of nitrogens with zero attached hydrogens (tertiary/aromatic N) is 5. The summed E-state index contributed by atoms with van der Waals surface area (Å²) in [6.07, 6.45) is 0. The van der Waals surface area contributed by atoms with Gasteiger partial charge in [-0.1, -0.05) is 0 Å². The molecule has 0 aliphatic heterocycles. The molecule has 0 amide bonds. The highest BCUT2D eigenvalue weighted by Gasteiger charge is 2.08. The Morgan fingerprint density at radius 1 is 1.07 bits per heavy atom. The number of hydrogen-bond donors (Lipinski definition) is 1. The summed E-state index contributed by atoms with van der Waals surface area (Å²) in [6.45, 7) is 2.85. The van der Waals surface area contributed by atoms with Crippen LogP contribution >= 0.6 is 0 Å². The lowest BCUT2D eigenvalue weighted by atomic mass is 10.6. The summed E-state index contributed by atoms with van der Waals surface area (Å²) in [4.78, 5) is 16.0. The Morgan fingerprint density at radius 2 is 1.64 bits per heavy atom. The third-order valence-corrected chi connectivity index (χ3v) is 1.84. The average molecular weight is 196 g/mol. The van der Waals surface area contributed by atoms with Gasteiger partial charge in [0, 0.05) is 27.7 Å². The van der Waals surface area contributed by atoms with E-state index in [0.29, 0.717) is 11.9 Å². The summed E-state index contributed by atoms with van der Waals surface area (Å²) < 4.78 is 0. The minimum absolute atomic E-state index is 0.249. The number of rotatable bonds is 3. The van der Waals surface area contributed by atoms with E-state index < -0.39 is 0 Å². The molecule has 0 saturated carbocycles. The molecule has 0 aliphatic rings. The van der Waals surface area contributed by atoms with Crippen molar-refractivity contribution in [1.29, 1.82) is 0 Å². The monoisotopic (exact) mass is 196 g/mol. The predicted molar refractivity (Wildman–Crippen MR) is 57.5 cm³/mol. The molecule has 6 heteroatoms. The van der Waals surface area contributed by atoms with E-state index in [2.05, 4.69) is 15.0 Å². The van der Waals surface area contributed by atoms with Crippen LogP contribution in [0, 0.1) is 0 Å². The van der Waals surface area contributed by atoms with Crippen LogP contribution < -0.4 is 15.5 Å². The predicted octanol–water partition coefficient (Wildman–Crippen LogP) is -0.0241. The first-order valence-corrected chi connectivity index (χ1v) is 4.44. The van der Waals surface area contributed by atoms with Gasteiger partial charge in [0.05, 0.1) is 0 Å². The van der Waals surface area contributed by atoms with E-state index in [1.807, 2.05) is 33.0 Å². The van der Waals surface area contributed by atoms with Crippen molar-refractivity contribution in [1.82, 2.24) is 15.0 Å². The maximum atomic E-state index is 5.57. The van der Waals surface area contributed by atoms with Crippen LogP contribution in [0.1, 0.15) is 6.92 Å². The van der Waals surface area contributed by atoms with E-state index in [-0.39, 0.29) is 5.95 Å². The molecule has 1 rings (SSSR count). The van der Waals surface area contributed by atoms with Gasteiger partial charge < -0.3 is 15.5 Å². The zero-order valence-corrected chi connectivity index (χ0v) is 9.02. The van der Waals surface area contributed by atoms with Crippen LogP contribution in [0.25, 0.3) is 0 Å². The SMILES string of the molecule is CCN(C)c1nc(N)nc(N(C)C)n1. The normalized spacial score (nSPS) is 10.0. The first-order chi connectivity index (χ1) is 6.54. The number of aromatic nitrogens is 3. The molecule has 0 fully saturated rings. The minimum Gasteiger partial charge on any atom is -0.368 e. The van der Waals surface area contributed by atoms with Crippen molar-refractivity contribution in [2.45, 2.75) is 6.92 Å². The van der Waals surface area contributed by atoms with Crippen LogP contribution in [0.2, 0.25) is 0 Å². The molecule has 0 spiro atoms. The quantitative estimate of drug-likeness (QED) is 0.732. The highest BCUT2D eigenvalue weighted by molar-refractivity contribution is 5.41. The fourth-order valence-corrected chi connectivity index (χ4v) is 0.881. The molecule has 0 saturated heterocycles. The van der Waals surface area contributed by atoms with Crippen LogP contribution in [-0.2, 0) is 0 Å². The molecule has 0 unspecified atom stereocenters. The molecule has 6 nitrogen and oxygen atoms in total. The van der Waals surface area contributed by atoms with Gasteiger partial charge in [-0.25, -0.2) is 0 Å². The third kappa shape index (κ3) is 2.21. The highest BCUT2D eigenvalue weighted by Crippen LogP contribution is 2.11. The molecule has 0 aliphatic carbocycles. The smallest absolute Gasteiger partial charge is 0.231 e. The van der Waals surface area contributed by atoms with E-state index >= 15 is 0 Å². The van der Waals surface area contributed by atoms with Crippen molar-refractivity contribution in [3.63, 3.8) is 0 Å². The van der Waals surface area contributed by atoms with E-state index in [0.717, 1.165) is 6.54 Å². The van der Waals surface area contributed by atoms with Gasteiger partial charge in [-0.3, -0.25) is 0 Å². The van der Waals surface area contributed by atoms with Crippen LogP contribution in [-0.4, -0.2) is 42.6 Å². The second kappa shape index (κ2) is 4.08. The molecule has 0 atom stereocenters. The van der Waals surface area contributed by atoms with E-state index in [1.54, 1.807) is 4.90 Å². The Kier molecular flexibility index (Phi) is 3.06. The average Bonchev–Trinajstić information content (AvgIpc) is 2.15. The molecule has 0 aromatic carbocycles. The third-order valence-electron chi connectivity index (χ3n) is 1.84. The summed E-state index contributed by atoms with van der Waals surface area (Å²) >= 11 is 0. The van der Waals surface area contributed by atoms with Gasteiger partial charge >= 0.3 is 0 Å². The van der Waals surface area contributed by atoms with Crippen LogP contribution in [0.15, 0.2) is 0 Å². The van der Waals surface area contributed by atoms with Gasteiger partial charge in [0.1, 0.15) is 0 Å². The topological polar surface area (TPSA) is 71.2 Å². The van der Waals surface area contributed by atoms with Gasteiger partial charge in [0.15, 0.2) is 0 Å². The van der Waals surface area contributed by atoms with E-state index in [9.17, 15) is 0 Å². The maximum absolute atomic E-state index is 5.57. The summed E-state index contributed by atoms with van der Waals surface area (Å²) in [7, 11) is 5.64. The van der Waals surface area contributed by atoms with Crippen LogP contribution in [0.3, 0.4) is 0 Å².